The van der Waals surface area contributed by atoms with E-state index in [-0.39, 0.29) is 29.6 Å². The molecular weight excluding hydrogens is 408 g/mol. The molecule has 1 fully saturated rings. The molecule has 0 atom stereocenters. The van der Waals surface area contributed by atoms with Crippen LogP contribution in [-0.2, 0) is 19.6 Å². The largest absolute Gasteiger partial charge is 0.278 e. The molecule has 3 rings (SSSR count). The van der Waals surface area contributed by atoms with E-state index in [0.29, 0.717) is 15.8 Å². The van der Waals surface area contributed by atoms with Gasteiger partial charge in [-0.25, -0.2) is 8.42 Å². The first-order valence-corrected chi connectivity index (χ1v) is 9.80. The normalized spacial score (nSPS) is 14.9. The topological polar surface area (TPSA) is 83.6 Å². The van der Waals surface area contributed by atoms with Gasteiger partial charge in [0.15, 0.2) is 0 Å². The summed E-state index contributed by atoms with van der Waals surface area (Å²) in [6.07, 6.45) is 0.365. The molecule has 2 aromatic rings. The third kappa shape index (κ3) is 3.59. The monoisotopic (exact) mass is 422 g/mol. The number of carbonyl (C=O) groups is 2. The minimum Gasteiger partial charge on any atom is -0.278 e. The fourth-order valence-corrected chi connectivity index (χ4v) is 4.35. The summed E-state index contributed by atoms with van der Waals surface area (Å²) in [5.74, 6) is -0.551. The molecule has 1 saturated heterocycles. The molecule has 2 aromatic carbocycles. The number of carbonyl (C=O) groups excluding carboxylic acids is 2. The SMILES string of the molecule is Cc1ccc(NS(=O)(=O)c2ccc(N3C(=O)CCC3=O)cc2)c(Br)c1. The minimum atomic E-state index is -3.78. The van der Waals surface area contributed by atoms with Crippen molar-refractivity contribution < 1.29 is 18.0 Å². The summed E-state index contributed by atoms with van der Waals surface area (Å²) < 4.78 is 28.2. The van der Waals surface area contributed by atoms with E-state index in [1.165, 1.54) is 24.3 Å². The van der Waals surface area contributed by atoms with Crippen LogP contribution in [-0.4, -0.2) is 20.2 Å². The zero-order valence-electron chi connectivity index (χ0n) is 13.3. The molecule has 0 unspecified atom stereocenters. The quantitative estimate of drug-likeness (QED) is 0.766. The Kier molecular flexibility index (Phi) is 4.66. The molecule has 8 heteroatoms. The summed E-state index contributed by atoms with van der Waals surface area (Å²) in [7, 11) is -3.78. The van der Waals surface area contributed by atoms with Gasteiger partial charge in [0.05, 0.1) is 16.3 Å². The van der Waals surface area contributed by atoms with Gasteiger partial charge < -0.3 is 0 Å². The van der Waals surface area contributed by atoms with Crippen LogP contribution in [0.25, 0.3) is 0 Å². The van der Waals surface area contributed by atoms with Crippen LogP contribution in [0.2, 0.25) is 0 Å². The first kappa shape index (κ1) is 17.6. The van der Waals surface area contributed by atoms with Gasteiger partial charge in [0, 0.05) is 17.3 Å². The van der Waals surface area contributed by atoms with Gasteiger partial charge in [-0.3, -0.25) is 19.2 Å². The molecule has 1 aliphatic rings. The summed E-state index contributed by atoms with van der Waals surface area (Å²) in [6.45, 7) is 1.91. The maximum atomic E-state index is 12.5. The zero-order chi connectivity index (χ0) is 18.2. The molecule has 1 aliphatic heterocycles. The molecular formula is C17H15BrN2O4S. The second-order valence-electron chi connectivity index (χ2n) is 5.71. The summed E-state index contributed by atoms with van der Waals surface area (Å²) >= 11 is 3.33. The Bertz CT molecular complexity index is 939. The number of nitrogens with zero attached hydrogens (tertiary/aromatic N) is 1. The van der Waals surface area contributed by atoms with Crippen LogP contribution in [0.4, 0.5) is 11.4 Å². The number of amides is 2. The predicted octanol–water partition coefficient (Wildman–Crippen LogP) is 3.21. The molecule has 2 amide bonds. The van der Waals surface area contributed by atoms with E-state index in [4.69, 9.17) is 0 Å². The maximum Gasteiger partial charge on any atom is 0.261 e. The summed E-state index contributed by atoms with van der Waals surface area (Å²) in [5, 5.41) is 0. The Morgan fingerprint density at radius 1 is 1.00 bits per heavy atom. The van der Waals surface area contributed by atoms with Crippen molar-refractivity contribution in [1.82, 2.24) is 0 Å². The summed E-state index contributed by atoms with van der Waals surface area (Å²) in [5.41, 5.74) is 1.81. The average molecular weight is 423 g/mol. The highest BCUT2D eigenvalue weighted by atomic mass is 79.9. The van der Waals surface area contributed by atoms with Crippen molar-refractivity contribution in [2.24, 2.45) is 0 Å². The second kappa shape index (κ2) is 6.61. The smallest absolute Gasteiger partial charge is 0.261 e. The third-order valence-corrected chi connectivity index (χ3v) is 5.86. The van der Waals surface area contributed by atoms with Gasteiger partial charge in [0.25, 0.3) is 10.0 Å². The number of halogens is 1. The lowest BCUT2D eigenvalue weighted by atomic mass is 10.2. The number of hydrogen-bond donors (Lipinski definition) is 1. The molecule has 6 nitrogen and oxygen atoms in total. The molecule has 0 saturated carbocycles. The Morgan fingerprint density at radius 3 is 2.16 bits per heavy atom. The van der Waals surface area contributed by atoms with Crippen LogP contribution < -0.4 is 9.62 Å². The number of imide groups is 1. The molecule has 0 aromatic heterocycles. The summed E-state index contributed by atoms with van der Waals surface area (Å²) in [6, 6.07) is 11.0. The number of anilines is 2. The van der Waals surface area contributed by atoms with E-state index in [0.717, 1.165) is 10.5 Å². The van der Waals surface area contributed by atoms with Crippen molar-refractivity contribution in [1.29, 1.82) is 0 Å². The lowest BCUT2D eigenvalue weighted by molar-refractivity contribution is -0.121. The summed E-state index contributed by atoms with van der Waals surface area (Å²) in [4.78, 5) is 24.6. The van der Waals surface area contributed by atoms with Gasteiger partial charge in [-0.05, 0) is 64.8 Å². The number of nitrogens with one attached hydrogen (secondary N) is 1. The fraction of sp³-hybridized carbons (Fsp3) is 0.176. The first-order chi connectivity index (χ1) is 11.8. The zero-order valence-corrected chi connectivity index (χ0v) is 15.7. The van der Waals surface area contributed by atoms with E-state index in [1.807, 2.05) is 13.0 Å². The van der Waals surface area contributed by atoms with Gasteiger partial charge in [-0.15, -0.1) is 0 Å². The van der Waals surface area contributed by atoms with Crippen LogP contribution in [0.5, 0.6) is 0 Å². The van der Waals surface area contributed by atoms with E-state index in [1.54, 1.807) is 12.1 Å². The molecule has 25 heavy (non-hydrogen) atoms. The Labute approximate surface area is 154 Å². The van der Waals surface area contributed by atoms with Crippen molar-refractivity contribution in [2.75, 3.05) is 9.62 Å². The first-order valence-electron chi connectivity index (χ1n) is 7.53. The van der Waals surface area contributed by atoms with Gasteiger partial charge >= 0.3 is 0 Å². The molecule has 0 aliphatic carbocycles. The van der Waals surface area contributed by atoms with E-state index >= 15 is 0 Å². The van der Waals surface area contributed by atoms with Crippen molar-refractivity contribution >= 4 is 49.1 Å². The average Bonchev–Trinajstić information content (AvgIpc) is 2.89. The Balaban J connectivity index is 1.85. The van der Waals surface area contributed by atoms with Crippen molar-refractivity contribution in [3.8, 4) is 0 Å². The lowest BCUT2D eigenvalue weighted by Gasteiger charge is -2.15. The van der Waals surface area contributed by atoms with Gasteiger partial charge in [-0.2, -0.15) is 0 Å². The molecule has 0 radical (unpaired) electrons. The molecule has 0 bridgehead atoms. The van der Waals surface area contributed by atoms with Gasteiger partial charge in [0.1, 0.15) is 0 Å². The van der Waals surface area contributed by atoms with E-state index in [9.17, 15) is 18.0 Å². The predicted molar refractivity (Wildman–Crippen MR) is 97.9 cm³/mol. The molecule has 1 heterocycles. The van der Waals surface area contributed by atoms with Crippen LogP contribution in [0.3, 0.4) is 0 Å². The van der Waals surface area contributed by atoms with Crippen molar-refractivity contribution in [3.05, 3.63) is 52.5 Å². The molecule has 130 valence electrons. The van der Waals surface area contributed by atoms with Crippen molar-refractivity contribution in [2.45, 2.75) is 24.7 Å². The highest BCUT2D eigenvalue weighted by Gasteiger charge is 2.30. The maximum absolute atomic E-state index is 12.5. The minimum absolute atomic E-state index is 0.0443. The number of benzene rings is 2. The van der Waals surface area contributed by atoms with Crippen molar-refractivity contribution in [3.63, 3.8) is 0 Å². The Morgan fingerprint density at radius 2 is 1.60 bits per heavy atom. The standard InChI is InChI=1S/C17H15BrN2O4S/c1-11-2-7-15(14(18)10-11)19-25(23,24)13-5-3-12(4-6-13)20-16(21)8-9-17(20)22/h2-7,10,19H,8-9H2,1H3. The van der Waals surface area contributed by atoms with E-state index in [2.05, 4.69) is 20.7 Å². The third-order valence-electron chi connectivity index (χ3n) is 3.83. The fourth-order valence-electron chi connectivity index (χ4n) is 2.55. The highest BCUT2D eigenvalue weighted by Crippen LogP contribution is 2.28. The number of hydrogen-bond acceptors (Lipinski definition) is 4. The van der Waals surface area contributed by atoms with Crippen LogP contribution in [0.1, 0.15) is 18.4 Å². The van der Waals surface area contributed by atoms with Crippen LogP contribution in [0.15, 0.2) is 51.8 Å². The number of rotatable bonds is 4. The van der Waals surface area contributed by atoms with Crippen LogP contribution >= 0.6 is 15.9 Å². The van der Waals surface area contributed by atoms with Crippen LogP contribution in [0, 0.1) is 6.92 Å². The lowest BCUT2D eigenvalue weighted by Crippen LogP contribution is -2.28. The Hall–Kier alpha value is -2.19. The van der Waals surface area contributed by atoms with Gasteiger partial charge in [0.2, 0.25) is 11.8 Å². The second-order valence-corrected chi connectivity index (χ2v) is 8.24. The molecule has 1 N–H and O–H groups in total. The van der Waals surface area contributed by atoms with Gasteiger partial charge in [-0.1, -0.05) is 6.07 Å². The highest BCUT2D eigenvalue weighted by molar-refractivity contribution is 9.10. The number of aryl methyl sites for hydroxylation is 1. The number of sulfonamides is 1. The van der Waals surface area contributed by atoms with E-state index < -0.39 is 10.0 Å². The molecule has 0 spiro atoms.